The molecule has 0 spiro atoms. The monoisotopic (exact) mass is 486 g/mol. The Kier molecular flexibility index (Phi) is 8.22. The number of rotatable bonds is 10. The van der Waals surface area contributed by atoms with E-state index in [4.69, 9.17) is 9.47 Å². The van der Waals surface area contributed by atoms with E-state index >= 15 is 0 Å². The maximum Gasteiger partial charge on any atom is 0.137 e. The number of ether oxygens (including phenoxy) is 2. The van der Waals surface area contributed by atoms with Gasteiger partial charge in [-0.05, 0) is 64.3 Å². The van der Waals surface area contributed by atoms with Gasteiger partial charge in [-0.2, -0.15) is 0 Å². The summed E-state index contributed by atoms with van der Waals surface area (Å²) in [7, 11) is 0. The molecule has 3 aromatic rings. The first-order chi connectivity index (χ1) is 13.8. The van der Waals surface area contributed by atoms with Gasteiger partial charge in [0, 0.05) is 0 Å². The first kappa shape index (κ1) is 20.7. The quantitative estimate of drug-likeness (QED) is 0.223. The molecule has 0 heterocycles. The van der Waals surface area contributed by atoms with Gasteiger partial charge in [-0.25, -0.2) is 0 Å². The van der Waals surface area contributed by atoms with Crippen molar-refractivity contribution in [2.24, 2.45) is 0 Å². The summed E-state index contributed by atoms with van der Waals surface area (Å²) in [4.78, 5) is 0. The van der Waals surface area contributed by atoms with E-state index in [-0.39, 0.29) is 0 Å². The second-order valence-electron chi connectivity index (χ2n) is 6.91. The van der Waals surface area contributed by atoms with E-state index in [1.165, 1.54) is 36.0 Å². The van der Waals surface area contributed by atoms with E-state index < -0.39 is 0 Å². The number of aryl methyl sites for hydroxylation is 1. The van der Waals surface area contributed by atoms with Crippen molar-refractivity contribution < 1.29 is 9.47 Å². The zero-order chi connectivity index (χ0) is 19.6. The summed E-state index contributed by atoms with van der Waals surface area (Å²) in [6, 6.07) is 24.9. The summed E-state index contributed by atoms with van der Waals surface area (Å²) >= 11 is 2.34. The molecular weight excluding hydrogens is 459 g/mol. The Bertz CT molecular complexity index is 782. The molecule has 146 valence electrons. The van der Waals surface area contributed by atoms with Crippen molar-refractivity contribution in [2.75, 3.05) is 0 Å². The van der Waals surface area contributed by atoms with E-state index in [9.17, 15) is 0 Å². The van der Waals surface area contributed by atoms with Crippen LogP contribution in [0.5, 0.6) is 11.5 Å². The molecule has 0 radical (unpaired) electrons. The van der Waals surface area contributed by atoms with Gasteiger partial charge in [0.2, 0.25) is 0 Å². The number of halogens is 1. The molecule has 0 N–H and O–H groups in total. The van der Waals surface area contributed by atoms with Crippen molar-refractivity contribution in [3.05, 3.63) is 93.1 Å². The molecule has 0 aromatic heterocycles. The highest BCUT2D eigenvalue weighted by atomic mass is 127. The van der Waals surface area contributed by atoms with Gasteiger partial charge in [0.05, 0.1) is 3.57 Å². The van der Waals surface area contributed by atoms with Crippen molar-refractivity contribution in [1.29, 1.82) is 0 Å². The fraction of sp³-hybridized carbons (Fsp3) is 0.280. The van der Waals surface area contributed by atoms with E-state index in [1.807, 2.05) is 36.4 Å². The number of unbranched alkanes of at least 4 members (excludes halogenated alkanes) is 2. The zero-order valence-electron chi connectivity index (χ0n) is 16.4. The molecular formula is C25H27IO2. The molecule has 28 heavy (non-hydrogen) atoms. The van der Waals surface area contributed by atoms with E-state index in [0.29, 0.717) is 13.2 Å². The normalized spacial score (nSPS) is 10.6. The molecule has 0 aliphatic carbocycles. The minimum atomic E-state index is 0.563. The Morgan fingerprint density at radius 2 is 1.18 bits per heavy atom. The lowest BCUT2D eigenvalue weighted by Crippen LogP contribution is -2.02. The summed E-state index contributed by atoms with van der Waals surface area (Å²) < 4.78 is 13.4. The van der Waals surface area contributed by atoms with Gasteiger partial charge in [-0.1, -0.05) is 80.4 Å². The minimum Gasteiger partial charge on any atom is -0.488 e. The fourth-order valence-electron chi connectivity index (χ4n) is 3.03. The molecule has 0 bridgehead atoms. The molecule has 0 saturated carbocycles. The van der Waals surface area contributed by atoms with Gasteiger partial charge >= 0.3 is 0 Å². The summed E-state index contributed by atoms with van der Waals surface area (Å²) in [6.45, 7) is 3.36. The van der Waals surface area contributed by atoms with E-state index in [0.717, 1.165) is 21.5 Å². The molecule has 0 aliphatic rings. The summed E-state index contributed by atoms with van der Waals surface area (Å²) in [6.07, 6.45) is 4.70. The van der Waals surface area contributed by atoms with Crippen LogP contribution in [0, 0.1) is 3.57 Å². The predicted octanol–water partition coefficient (Wildman–Crippen LogP) is 7.18. The third-order valence-corrected chi connectivity index (χ3v) is 5.67. The molecule has 0 unspecified atom stereocenters. The van der Waals surface area contributed by atoms with Crippen LogP contribution in [0.3, 0.4) is 0 Å². The molecule has 0 aliphatic heterocycles. The topological polar surface area (TPSA) is 18.5 Å². The van der Waals surface area contributed by atoms with Crippen LogP contribution in [-0.4, -0.2) is 0 Å². The molecule has 0 atom stereocenters. The first-order valence-corrected chi connectivity index (χ1v) is 11.0. The Balaban J connectivity index is 1.76. The van der Waals surface area contributed by atoms with Crippen LogP contribution in [-0.2, 0) is 19.6 Å². The molecule has 3 heteroatoms. The molecule has 0 fully saturated rings. The van der Waals surface area contributed by atoms with Crippen LogP contribution in [0.4, 0.5) is 0 Å². The third-order valence-electron chi connectivity index (χ3n) is 4.61. The van der Waals surface area contributed by atoms with Crippen LogP contribution in [0.1, 0.15) is 42.9 Å². The Morgan fingerprint density at radius 1 is 0.679 bits per heavy atom. The van der Waals surface area contributed by atoms with Crippen molar-refractivity contribution in [2.45, 2.75) is 45.8 Å². The highest BCUT2D eigenvalue weighted by Crippen LogP contribution is 2.34. The minimum absolute atomic E-state index is 0.563. The van der Waals surface area contributed by atoms with Gasteiger partial charge in [0.25, 0.3) is 0 Å². The molecule has 0 amide bonds. The predicted molar refractivity (Wildman–Crippen MR) is 124 cm³/mol. The number of hydrogen-bond donors (Lipinski definition) is 0. The van der Waals surface area contributed by atoms with Crippen LogP contribution < -0.4 is 9.47 Å². The first-order valence-electron chi connectivity index (χ1n) is 9.92. The standard InChI is InChI=1S/C25H27IO2/c1-2-3-6-15-22-16-23(27-18-20-11-7-4-8-12-20)25(26)24(17-22)28-19-21-13-9-5-10-14-21/h4-5,7-14,16-17H,2-3,6,15,18-19H2,1H3. The number of benzene rings is 3. The van der Waals surface area contributed by atoms with Gasteiger partial charge < -0.3 is 9.47 Å². The van der Waals surface area contributed by atoms with E-state index in [1.54, 1.807) is 0 Å². The fourth-order valence-corrected chi connectivity index (χ4v) is 3.65. The third kappa shape index (κ3) is 6.26. The summed E-state index contributed by atoms with van der Waals surface area (Å²) in [5, 5.41) is 0. The van der Waals surface area contributed by atoms with E-state index in [2.05, 4.69) is 65.9 Å². The lowest BCUT2D eigenvalue weighted by Gasteiger charge is -2.16. The average Bonchev–Trinajstić information content (AvgIpc) is 2.74. The van der Waals surface area contributed by atoms with Crippen molar-refractivity contribution >= 4 is 22.6 Å². The van der Waals surface area contributed by atoms with Gasteiger partial charge in [-0.3, -0.25) is 0 Å². The highest BCUT2D eigenvalue weighted by molar-refractivity contribution is 14.1. The second kappa shape index (κ2) is 11.1. The maximum atomic E-state index is 6.18. The van der Waals surface area contributed by atoms with Crippen molar-refractivity contribution in [3.8, 4) is 11.5 Å². The smallest absolute Gasteiger partial charge is 0.137 e. The molecule has 0 saturated heterocycles. The number of hydrogen-bond acceptors (Lipinski definition) is 2. The van der Waals surface area contributed by atoms with Crippen LogP contribution in [0.15, 0.2) is 72.8 Å². The van der Waals surface area contributed by atoms with Crippen LogP contribution in [0.25, 0.3) is 0 Å². The van der Waals surface area contributed by atoms with Crippen molar-refractivity contribution in [3.63, 3.8) is 0 Å². The maximum absolute atomic E-state index is 6.18. The molecule has 2 nitrogen and oxygen atoms in total. The SMILES string of the molecule is CCCCCc1cc(OCc2ccccc2)c(I)c(OCc2ccccc2)c1. The summed E-state index contributed by atoms with van der Waals surface area (Å²) in [5.74, 6) is 1.81. The second-order valence-corrected chi connectivity index (χ2v) is 7.99. The molecule has 3 rings (SSSR count). The highest BCUT2D eigenvalue weighted by Gasteiger charge is 2.12. The largest absolute Gasteiger partial charge is 0.488 e. The Labute approximate surface area is 182 Å². The Morgan fingerprint density at radius 3 is 1.64 bits per heavy atom. The van der Waals surface area contributed by atoms with Gasteiger partial charge in [0.1, 0.15) is 24.7 Å². The lowest BCUT2D eigenvalue weighted by atomic mass is 10.1. The van der Waals surface area contributed by atoms with Gasteiger partial charge in [0.15, 0.2) is 0 Å². The zero-order valence-corrected chi connectivity index (χ0v) is 18.5. The Hall–Kier alpha value is -2.01. The average molecular weight is 486 g/mol. The molecule has 3 aromatic carbocycles. The van der Waals surface area contributed by atoms with Crippen LogP contribution >= 0.6 is 22.6 Å². The van der Waals surface area contributed by atoms with Crippen LogP contribution in [0.2, 0.25) is 0 Å². The van der Waals surface area contributed by atoms with Crippen molar-refractivity contribution in [1.82, 2.24) is 0 Å². The lowest BCUT2D eigenvalue weighted by molar-refractivity contribution is 0.285. The van der Waals surface area contributed by atoms with Gasteiger partial charge in [-0.15, -0.1) is 0 Å². The summed E-state index contributed by atoms with van der Waals surface area (Å²) in [5.41, 5.74) is 3.61.